The smallest absolute Gasteiger partial charge is 0.158 e. The van der Waals surface area contributed by atoms with E-state index < -0.39 is 0 Å². The Bertz CT molecular complexity index is 546. The third kappa shape index (κ3) is 4.41. The molecule has 0 amide bonds. The molecule has 0 atom stereocenters. The zero-order chi connectivity index (χ0) is 13.7. The van der Waals surface area contributed by atoms with E-state index in [4.69, 9.17) is 16.3 Å². The molecule has 0 bridgehead atoms. The van der Waals surface area contributed by atoms with E-state index in [1.807, 2.05) is 19.2 Å². The molecule has 5 nitrogen and oxygen atoms in total. The van der Waals surface area contributed by atoms with Gasteiger partial charge in [0.15, 0.2) is 5.82 Å². The minimum atomic E-state index is 0.363. The topological polar surface area (TPSA) is 59.9 Å². The van der Waals surface area contributed by atoms with Gasteiger partial charge in [-0.2, -0.15) is 0 Å². The fourth-order valence-electron chi connectivity index (χ4n) is 1.46. The van der Waals surface area contributed by atoms with Crippen LogP contribution in [0.25, 0.3) is 0 Å². The first-order valence-electron chi connectivity index (χ1n) is 5.93. The van der Waals surface area contributed by atoms with Gasteiger partial charge in [0.1, 0.15) is 22.6 Å². The van der Waals surface area contributed by atoms with E-state index in [1.54, 1.807) is 17.4 Å². The van der Waals surface area contributed by atoms with Crippen LogP contribution in [-0.4, -0.2) is 21.6 Å². The average molecular weight is 299 g/mol. The van der Waals surface area contributed by atoms with Crippen LogP contribution in [0.4, 0.5) is 5.82 Å². The van der Waals surface area contributed by atoms with Crippen molar-refractivity contribution < 1.29 is 4.74 Å². The second-order valence-corrected chi connectivity index (χ2v) is 5.20. The van der Waals surface area contributed by atoms with Crippen molar-refractivity contribution in [2.45, 2.75) is 27.0 Å². The monoisotopic (exact) mass is 298 g/mol. The summed E-state index contributed by atoms with van der Waals surface area (Å²) in [5.41, 5.74) is 1.03. The standard InChI is InChI=1S/C12H15ClN4OS/c1-3-18-6-11-16-9(13)4-10(17-11)14-5-12-15-8(2)7-19-12/h4,7H,3,5-6H2,1-2H3,(H,14,16,17). The molecule has 2 aromatic rings. The lowest BCUT2D eigenvalue weighted by Crippen LogP contribution is -2.05. The number of rotatable bonds is 6. The van der Waals surface area contributed by atoms with Crippen molar-refractivity contribution in [2.24, 2.45) is 0 Å². The van der Waals surface area contributed by atoms with Crippen molar-refractivity contribution in [1.29, 1.82) is 0 Å². The molecule has 102 valence electrons. The van der Waals surface area contributed by atoms with Gasteiger partial charge in [-0.05, 0) is 13.8 Å². The van der Waals surface area contributed by atoms with Crippen LogP contribution in [0.15, 0.2) is 11.4 Å². The van der Waals surface area contributed by atoms with Crippen LogP contribution < -0.4 is 5.32 Å². The number of ether oxygens (including phenoxy) is 1. The highest BCUT2D eigenvalue weighted by Gasteiger charge is 2.04. The zero-order valence-corrected chi connectivity index (χ0v) is 12.4. The number of nitrogens with one attached hydrogen (secondary N) is 1. The Morgan fingerprint density at radius 3 is 2.89 bits per heavy atom. The van der Waals surface area contributed by atoms with Crippen LogP contribution in [-0.2, 0) is 17.9 Å². The average Bonchev–Trinajstić information content (AvgIpc) is 2.79. The third-order valence-electron chi connectivity index (χ3n) is 2.26. The van der Waals surface area contributed by atoms with Gasteiger partial charge < -0.3 is 10.1 Å². The van der Waals surface area contributed by atoms with Crippen LogP contribution in [0.2, 0.25) is 5.15 Å². The van der Waals surface area contributed by atoms with E-state index >= 15 is 0 Å². The Labute approximate surface area is 121 Å². The second kappa shape index (κ2) is 6.79. The van der Waals surface area contributed by atoms with Gasteiger partial charge in [0.05, 0.1) is 6.54 Å². The fraction of sp³-hybridized carbons (Fsp3) is 0.417. The number of hydrogen-bond donors (Lipinski definition) is 1. The van der Waals surface area contributed by atoms with Gasteiger partial charge in [-0.3, -0.25) is 0 Å². The highest BCUT2D eigenvalue weighted by molar-refractivity contribution is 7.09. The molecule has 0 saturated heterocycles. The van der Waals surface area contributed by atoms with Crippen LogP contribution in [0, 0.1) is 6.92 Å². The lowest BCUT2D eigenvalue weighted by Gasteiger charge is -2.06. The van der Waals surface area contributed by atoms with Crippen molar-refractivity contribution in [1.82, 2.24) is 15.0 Å². The molecule has 19 heavy (non-hydrogen) atoms. The maximum Gasteiger partial charge on any atom is 0.158 e. The van der Waals surface area contributed by atoms with Gasteiger partial charge in [0.2, 0.25) is 0 Å². The molecular formula is C12H15ClN4OS. The van der Waals surface area contributed by atoms with Gasteiger partial charge in [0.25, 0.3) is 0 Å². The minimum absolute atomic E-state index is 0.363. The molecule has 0 aliphatic heterocycles. The van der Waals surface area contributed by atoms with Crippen molar-refractivity contribution >= 4 is 28.8 Å². The molecule has 1 N–H and O–H groups in total. The van der Waals surface area contributed by atoms with Crippen molar-refractivity contribution in [2.75, 3.05) is 11.9 Å². The summed E-state index contributed by atoms with van der Waals surface area (Å²) in [6, 6.07) is 1.69. The number of anilines is 1. The highest BCUT2D eigenvalue weighted by Crippen LogP contribution is 2.15. The second-order valence-electron chi connectivity index (χ2n) is 3.87. The van der Waals surface area contributed by atoms with E-state index in [1.165, 1.54) is 0 Å². The summed E-state index contributed by atoms with van der Waals surface area (Å²) in [4.78, 5) is 12.8. The number of aryl methyl sites for hydroxylation is 1. The highest BCUT2D eigenvalue weighted by atomic mass is 35.5. The van der Waals surface area contributed by atoms with E-state index in [2.05, 4.69) is 20.3 Å². The number of nitrogens with zero attached hydrogens (tertiary/aromatic N) is 3. The SMILES string of the molecule is CCOCc1nc(Cl)cc(NCc2nc(C)cs2)n1. The molecular weight excluding hydrogens is 284 g/mol. The van der Waals surface area contributed by atoms with Crippen molar-refractivity contribution in [3.05, 3.63) is 33.1 Å². The molecule has 7 heteroatoms. The number of aromatic nitrogens is 3. The maximum atomic E-state index is 5.96. The van der Waals surface area contributed by atoms with Crippen LogP contribution in [0.1, 0.15) is 23.4 Å². The molecule has 2 rings (SSSR count). The summed E-state index contributed by atoms with van der Waals surface area (Å²) >= 11 is 7.57. The van der Waals surface area contributed by atoms with E-state index in [-0.39, 0.29) is 0 Å². The molecule has 0 aliphatic carbocycles. The molecule has 2 heterocycles. The first-order chi connectivity index (χ1) is 9.17. The lowest BCUT2D eigenvalue weighted by molar-refractivity contribution is 0.128. The zero-order valence-electron chi connectivity index (χ0n) is 10.8. The molecule has 0 fully saturated rings. The molecule has 0 unspecified atom stereocenters. The first-order valence-corrected chi connectivity index (χ1v) is 7.19. The molecule has 0 radical (unpaired) electrons. The molecule has 0 aliphatic rings. The molecule has 2 aromatic heterocycles. The van der Waals surface area contributed by atoms with Gasteiger partial charge in [-0.25, -0.2) is 15.0 Å². The van der Waals surface area contributed by atoms with E-state index in [0.29, 0.717) is 36.6 Å². The Morgan fingerprint density at radius 1 is 1.37 bits per heavy atom. The summed E-state index contributed by atoms with van der Waals surface area (Å²) in [7, 11) is 0. The fourth-order valence-corrected chi connectivity index (χ4v) is 2.38. The van der Waals surface area contributed by atoms with Crippen LogP contribution in [0.5, 0.6) is 0 Å². The summed E-state index contributed by atoms with van der Waals surface area (Å²) in [6.07, 6.45) is 0. The number of thiazole rings is 1. The van der Waals surface area contributed by atoms with Gasteiger partial charge in [-0.1, -0.05) is 11.6 Å². The summed E-state index contributed by atoms with van der Waals surface area (Å²) in [6.45, 7) is 5.51. The minimum Gasteiger partial charge on any atom is -0.374 e. The normalized spacial score (nSPS) is 10.7. The maximum absolute atomic E-state index is 5.96. The largest absolute Gasteiger partial charge is 0.374 e. The number of hydrogen-bond acceptors (Lipinski definition) is 6. The lowest BCUT2D eigenvalue weighted by atomic mass is 10.5. The Balaban J connectivity index is 2.01. The summed E-state index contributed by atoms with van der Waals surface area (Å²) in [5.74, 6) is 1.26. The Hall–Kier alpha value is -1.24. The van der Waals surface area contributed by atoms with Gasteiger partial charge >= 0.3 is 0 Å². The molecule has 0 saturated carbocycles. The predicted octanol–water partition coefficient (Wildman–Crippen LogP) is 3.04. The van der Waals surface area contributed by atoms with E-state index in [0.717, 1.165) is 10.7 Å². The quantitative estimate of drug-likeness (QED) is 0.831. The van der Waals surface area contributed by atoms with Crippen LogP contribution in [0.3, 0.4) is 0 Å². The first kappa shape index (κ1) is 14.2. The predicted molar refractivity (Wildman–Crippen MR) is 76.5 cm³/mol. The summed E-state index contributed by atoms with van der Waals surface area (Å²) < 4.78 is 5.27. The van der Waals surface area contributed by atoms with Gasteiger partial charge in [-0.15, -0.1) is 11.3 Å². The summed E-state index contributed by atoms with van der Waals surface area (Å²) in [5, 5.41) is 6.62. The van der Waals surface area contributed by atoms with Crippen LogP contribution >= 0.6 is 22.9 Å². The molecule has 0 aromatic carbocycles. The van der Waals surface area contributed by atoms with Crippen molar-refractivity contribution in [3.63, 3.8) is 0 Å². The van der Waals surface area contributed by atoms with Crippen molar-refractivity contribution in [3.8, 4) is 0 Å². The Kier molecular flexibility index (Phi) is 5.07. The molecule has 0 spiro atoms. The third-order valence-corrected chi connectivity index (χ3v) is 3.42. The van der Waals surface area contributed by atoms with E-state index in [9.17, 15) is 0 Å². The number of halogens is 1. The van der Waals surface area contributed by atoms with Gasteiger partial charge in [0, 0.05) is 23.7 Å². The Morgan fingerprint density at radius 2 is 2.21 bits per heavy atom.